The van der Waals surface area contributed by atoms with E-state index in [1.54, 1.807) is 0 Å². The third kappa shape index (κ3) is 1.82. The summed E-state index contributed by atoms with van der Waals surface area (Å²) >= 11 is 0. The first kappa shape index (κ1) is 10.8. The maximum absolute atomic E-state index is 10.7. The first-order valence-electron chi connectivity index (χ1n) is 5.92. The lowest BCUT2D eigenvalue weighted by Crippen LogP contribution is -2.12. The molecule has 1 saturated heterocycles. The average molecular weight is 239 g/mol. The van der Waals surface area contributed by atoms with Crippen molar-refractivity contribution in [3.8, 4) is 0 Å². The third-order valence-corrected chi connectivity index (χ3v) is 3.12. The Morgan fingerprint density at radius 2 is 2.00 bits per heavy atom. The summed E-state index contributed by atoms with van der Waals surface area (Å²) in [6.45, 7) is 1.38. The highest BCUT2D eigenvalue weighted by Gasteiger charge is 2.16. The quantitative estimate of drug-likeness (QED) is 0.819. The SMILES string of the molecule is O=NN1CCN/C1=C\c1cccc2ccccc12. The normalized spacial score (nSPS) is 17.1. The molecule has 0 spiro atoms. The molecule has 18 heavy (non-hydrogen) atoms. The van der Waals surface area contributed by atoms with E-state index in [1.165, 1.54) is 15.8 Å². The molecular formula is C14H13N3O. The van der Waals surface area contributed by atoms with Crippen molar-refractivity contribution in [3.63, 3.8) is 0 Å². The minimum Gasteiger partial charge on any atom is -0.368 e. The number of hydrogen-bond donors (Lipinski definition) is 1. The van der Waals surface area contributed by atoms with Gasteiger partial charge >= 0.3 is 0 Å². The van der Waals surface area contributed by atoms with Gasteiger partial charge in [0.05, 0.1) is 11.8 Å². The summed E-state index contributed by atoms with van der Waals surface area (Å²) in [6, 6.07) is 14.3. The molecule has 1 heterocycles. The van der Waals surface area contributed by atoms with Gasteiger partial charge < -0.3 is 5.32 Å². The monoisotopic (exact) mass is 239 g/mol. The van der Waals surface area contributed by atoms with Gasteiger partial charge in [-0.15, -0.1) is 4.91 Å². The number of nitrogens with zero attached hydrogens (tertiary/aromatic N) is 2. The first-order chi connectivity index (χ1) is 8.88. The van der Waals surface area contributed by atoms with E-state index < -0.39 is 0 Å². The highest BCUT2D eigenvalue weighted by Crippen LogP contribution is 2.22. The van der Waals surface area contributed by atoms with E-state index >= 15 is 0 Å². The number of rotatable bonds is 2. The Morgan fingerprint density at radius 1 is 1.17 bits per heavy atom. The second kappa shape index (κ2) is 4.49. The summed E-state index contributed by atoms with van der Waals surface area (Å²) in [4.78, 5) is 10.7. The lowest BCUT2D eigenvalue weighted by molar-refractivity contribution is 0.419. The smallest absolute Gasteiger partial charge is 0.126 e. The van der Waals surface area contributed by atoms with Crippen LogP contribution in [-0.4, -0.2) is 18.1 Å². The molecule has 4 heteroatoms. The third-order valence-electron chi connectivity index (χ3n) is 3.12. The van der Waals surface area contributed by atoms with E-state index in [0.717, 1.165) is 17.9 Å². The minimum atomic E-state index is 0.625. The second-order valence-corrected chi connectivity index (χ2v) is 4.23. The van der Waals surface area contributed by atoms with Gasteiger partial charge in [-0.05, 0) is 22.4 Å². The van der Waals surface area contributed by atoms with Crippen LogP contribution in [-0.2, 0) is 0 Å². The van der Waals surface area contributed by atoms with Crippen molar-refractivity contribution in [1.82, 2.24) is 10.3 Å². The molecule has 4 nitrogen and oxygen atoms in total. The predicted octanol–water partition coefficient (Wildman–Crippen LogP) is 2.72. The molecule has 1 aliphatic rings. The minimum absolute atomic E-state index is 0.625. The summed E-state index contributed by atoms with van der Waals surface area (Å²) in [5, 5.41) is 9.97. The lowest BCUT2D eigenvalue weighted by Gasteiger charge is -2.08. The van der Waals surface area contributed by atoms with Crippen LogP contribution in [0.15, 0.2) is 53.6 Å². The Hall–Kier alpha value is -2.36. The zero-order chi connectivity index (χ0) is 12.4. The molecule has 0 aromatic heterocycles. The summed E-state index contributed by atoms with van der Waals surface area (Å²) in [7, 11) is 0. The van der Waals surface area contributed by atoms with Crippen LogP contribution in [0.3, 0.4) is 0 Å². The van der Waals surface area contributed by atoms with Gasteiger partial charge in [0.1, 0.15) is 5.82 Å². The van der Waals surface area contributed by atoms with Crippen molar-refractivity contribution in [3.05, 3.63) is 58.8 Å². The Balaban J connectivity index is 2.10. The van der Waals surface area contributed by atoms with Crippen molar-refractivity contribution in [2.24, 2.45) is 5.29 Å². The Labute approximate surface area is 105 Å². The van der Waals surface area contributed by atoms with Gasteiger partial charge in [-0.3, -0.25) is 0 Å². The van der Waals surface area contributed by atoms with E-state index in [0.29, 0.717) is 6.54 Å². The van der Waals surface area contributed by atoms with Crippen LogP contribution in [0.1, 0.15) is 5.56 Å². The standard InChI is InChI=1S/C14H13N3O/c18-16-17-9-8-15-14(17)10-12-6-3-5-11-4-1-2-7-13(11)12/h1-7,10,15H,8-9H2/b14-10+. The van der Waals surface area contributed by atoms with Crippen LogP contribution in [0.2, 0.25) is 0 Å². The highest BCUT2D eigenvalue weighted by molar-refractivity contribution is 5.90. The predicted molar refractivity (Wildman–Crippen MR) is 72.4 cm³/mol. The summed E-state index contributed by atoms with van der Waals surface area (Å²) < 4.78 is 0. The Morgan fingerprint density at radius 3 is 2.89 bits per heavy atom. The molecule has 90 valence electrons. The van der Waals surface area contributed by atoms with Gasteiger partial charge in [0.25, 0.3) is 0 Å². The summed E-state index contributed by atoms with van der Waals surface area (Å²) in [6.07, 6.45) is 1.97. The number of nitrogens with one attached hydrogen (secondary N) is 1. The molecule has 0 unspecified atom stereocenters. The van der Waals surface area contributed by atoms with E-state index in [1.807, 2.05) is 30.3 Å². The molecule has 0 bridgehead atoms. The van der Waals surface area contributed by atoms with E-state index in [4.69, 9.17) is 0 Å². The van der Waals surface area contributed by atoms with Gasteiger partial charge in [0.2, 0.25) is 0 Å². The Bertz CT molecular complexity index is 616. The van der Waals surface area contributed by atoms with Crippen molar-refractivity contribution in [2.75, 3.05) is 13.1 Å². The fourth-order valence-corrected chi connectivity index (χ4v) is 2.24. The van der Waals surface area contributed by atoms with Gasteiger partial charge in [0.15, 0.2) is 0 Å². The van der Waals surface area contributed by atoms with Crippen molar-refractivity contribution in [2.45, 2.75) is 0 Å². The van der Waals surface area contributed by atoms with Crippen LogP contribution >= 0.6 is 0 Å². The lowest BCUT2D eigenvalue weighted by atomic mass is 10.0. The van der Waals surface area contributed by atoms with E-state index in [2.05, 4.69) is 28.8 Å². The van der Waals surface area contributed by atoms with Crippen LogP contribution in [0.5, 0.6) is 0 Å². The molecule has 0 radical (unpaired) electrons. The molecule has 1 fully saturated rings. The topological polar surface area (TPSA) is 44.7 Å². The van der Waals surface area contributed by atoms with E-state index in [9.17, 15) is 4.91 Å². The van der Waals surface area contributed by atoms with Gasteiger partial charge in [0, 0.05) is 6.54 Å². The average Bonchev–Trinajstić information content (AvgIpc) is 2.86. The van der Waals surface area contributed by atoms with Crippen molar-refractivity contribution in [1.29, 1.82) is 0 Å². The maximum atomic E-state index is 10.7. The first-order valence-corrected chi connectivity index (χ1v) is 5.92. The fourth-order valence-electron chi connectivity index (χ4n) is 2.24. The zero-order valence-corrected chi connectivity index (χ0v) is 9.84. The van der Waals surface area contributed by atoms with Crippen LogP contribution < -0.4 is 5.32 Å². The molecular weight excluding hydrogens is 226 g/mol. The highest BCUT2D eigenvalue weighted by atomic mass is 16.3. The molecule has 2 aromatic rings. The zero-order valence-electron chi connectivity index (χ0n) is 9.84. The van der Waals surface area contributed by atoms with Crippen LogP contribution in [0.4, 0.5) is 0 Å². The number of hydrogen-bond acceptors (Lipinski definition) is 3. The van der Waals surface area contributed by atoms with Gasteiger partial charge in [-0.1, -0.05) is 42.5 Å². The fraction of sp³-hybridized carbons (Fsp3) is 0.143. The van der Waals surface area contributed by atoms with Gasteiger partial charge in [-0.25, -0.2) is 5.01 Å². The second-order valence-electron chi connectivity index (χ2n) is 4.23. The number of nitroso groups, excluding NO2 is 1. The molecule has 0 aliphatic carbocycles. The molecule has 1 N–H and O–H groups in total. The van der Waals surface area contributed by atoms with Crippen molar-refractivity contribution >= 4 is 16.8 Å². The van der Waals surface area contributed by atoms with Crippen molar-refractivity contribution < 1.29 is 0 Å². The summed E-state index contributed by atoms with van der Waals surface area (Å²) in [5.41, 5.74) is 1.09. The molecule has 2 aromatic carbocycles. The summed E-state index contributed by atoms with van der Waals surface area (Å²) in [5.74, 6) is 0.765. The Kier molecular flexibility index (Phi) is 2.68. The molecule has 0 saturated carbocycles. The number of benzene rings is 2. The van der Waals surface area contributed by atoms with Crippen LogP contribution in [0.25, 0.3) is 16.8 Å². The number of fused-ring (bicyclic) bond motifs is 1. The molecule has 1 aliphatic heterocycles. The largest absolute Gasteiger partial charge is 0.368 e. The van der Waals surface area contributed by atoms with E-state index in [-0.39, 0.29) is 0 Å². The molecule has 3 rings (SSSR count). The van der Waals surface area contributed by atoms with Crippen LogP contribution in [0, 0.1) is 4.91 Å². The molecule has 0 atom stereocenters. The van der Waals surface area contributed by atoms with Gasteiger partial charge in [-0.2, -0.15) is 0 Å². The molecule has 0 amide bonds. The maximum Gasteiger partial charge on any atom is 0.126 e.